The molecule has 1 aliphatic carbocycles. The molecule has 0 spiro atoms. The molecule has 1 amide bonds. The number of anilines is 1. The van der Waals surface area contributed by atoms with Crippen LogP contribution >= 0.6 is 11.5 Å². The summed E-state index contributed by atoms with van der Waals surface area (Å²) in [5, 5.41) is 0.950. The molecule has 4 nitrogen and oxygen atoms in total. The largest absolute Gasteiger partial charge is 0.496 e. The van der Waals surface area contributed by atoms with Crippen LogP contribution in [0.25, 0.3) is 10.1 Å². The summed E-state index contributed by atoms with van der Waals surface area (Å²) in [5.74, 6) is 1.92. The Labute approximate surface area is 116 Å². The molecule has 19 heavy (non-hydrogen) atoms. The Bertz CT molecular complexity index is 619. The van der Waals surface area contributed by atoms with Crippen LogP contribution in [-0.2, 0) is 4.79 Å². The number of hydrogen-bond acceptors (Lipinski definition) is 4. The lowest BCUT2D eigenvalue weighted by Gasteiger charge is -2.19. The zero-order valence-electron chi connectivity index (χ0n) is 11.0. The third-order valence-corrected chi connectivity index (χ3v) is 4.23. The highest BCUT2D eigenvalue weighted by Gasteiger charge is 2.35. The number of amides is 1. The molecule has 100 valence electrons. The predicted molar refractivity (Wildman–Crippen MR) is 76.9 cm³/mol. The van der Waals surface area contributed by atoms with E-state index in [-0.39, 0.29) is 11.8 Å². The SMILES string of the molecule is CCN(C(=O)C1CC1)c1nsc2cccc(OC)c12. The average molecular weight is 276 g/mol. The number of rotatable bonds is 4. The minimum Gasteiger partial charge on any atom is -0.496 e. The van der Waals surface area contributed by atoms with Crippen molar-refractivity contribution in [3.8, 4) is 5.75 Å². The first kappa shape index (κ1) is 12.4. The molecule has 1 heterocycles. The molecule has 1 fully saturated rings. The number of ether oxygens (including phenoxy) is 1. The molecule has 0 atom stereocenters. The monoisotopic (exact) mass is 276 g/mol. The summed E-state index contributed by atoms with van der Waals surface area (Å²) < 4.78 is 10.9. The number of methoxy groups -OCH3 is 1. The molecule has 1 aromatic carbocycles. The second-order valence-electron chi connectivity index (χ2n) is 4.70. The van der Waals surface area contributed by atoms with Crippen LogP contribution in [0.2, 0.25) is 0 Å². The first-order chi connectivity index (χ1) is 9.26. The first-order valence-electron chi connectivity index (χ1n) is 6.50. The van der Waals surface area contributed by atoms with Gasteiger partial charge in [0.1, 0.15) is 5.75 Å². The van der Waals surface area contributed by atoms with Gasteiger partial charge >= 0.3 is 0 Å². The van der Waals surface area contributed by atoms with Crippen molar-refractivity contribution in [3.63, 3.8) is 0 Å². The fraction of sp³-hybridized carbons (Fsp3) is 0.429. The Hall–Kier alpha value is -1.62. The van der Waals surface area contributed by atoms with Gasteiger partial charge in [-0.15, -0.1) is 0 Å². The van der Waals surface area contributed by atoms with Gasteiger partial charge in [-0.25, -0.2) is 0 Å². The number of aromatic nitrogens is 1. The lowest BCUT2D eigenvalue weighted by atomic mass is 10.2. The molecule has 2 aromatic rings. The fourth-order valence-electron chi connectivity index (χ4n) is 2.26. The number of fused-ring (bicyclic) bond motifs is 1. The number of nitrogens with zero attached hydrogens (tertiary/aromatic N) is 2. The van der Waals surface area contributed by atoms with Gasteiger partial charge in [-0.3, -0.25) is 9.69 Å². The van der Waals surface area contributed by atoms with E-state index in [9.17, 15) is 4.79 Å². The zero-order valence-corrected chi connectivity index (χ0v) is 11.9. The third-order valence-electron chi connectivity index (χ3n) is 3.43. The van der Waals surface area contributed by atoms with Crippen molar-refractivity contribution in [2.45, 2.75) is 19.8 Å². The maximum Gasteiger partial charge on any atom is 0.231 e. The number of carbonyl (C=O) groups excluding carboxylic acids is 1. The summed E-state index contributed by atoms with van der Waals surface area (Å²) in [6.45, 7) is 2.63. The van der Waals surface area contributed by atoms with E-state index in [2.05, 4.69) is 4.37 Å². The van der Waals surface area contributed by atoms with Crippen molar-refractivity contribution in [1.29, 1.82) is 0 Å². The minimum absolute atomic E-state index is 0.195. The fourth-order valence-corrected chi connectivity index (χ4v) is 3.06. The van der Waals surface area contributed by atoms with E-state index in [1.807, 2.05) is 25.1 Å². The number of benzene rings is 1. The Morgan fingerprint density at radius 1 is 1.53 bits per heavy atom. The molecule has 1 saturated carbocycles. The third kappa shape index (κ3) is 2.08. The van der Waals surface area contributed by atoms with Crippen molar-refractivity contribution in [1.82, 2.24) is 4.37 Å². The van der Waals surface area contributed by atoms with Gasteiger partial charge in [0.15, 0.2) is 5.82 Å². The summed E-state index contributed by atoms with van der Waals surface area (Å²) in [6, 6.07) is 5.87. The van der Waals surface area contributed by atoms with Crippen molar-refractivity contribution >= 4 is 33.3 Å². The van der Waals surface area contributed by atoms with Crippen molar-refractivity contribution in [3.05, 3.63) is 18.2 Å². The van der Waals surface area contributed by atoms with Gasteiger partial charge in [0.2, 0.25) is 5.91 Å². The Balaban J connectivity index is 2.10. The molecule has 0 aliphatic heterocycles. The summed E-state index contributed by atoms with van der Waals surface area (Å²) in [5.41, 5.74) is 0. The highest BCUT2D eigenvalue weighted by molar-refractivity contribution is 7.13. The van der Waals surface area contributed by atoms with Crippen LogP contribution in [0.5, 0.6) is 5.75 Å². The molecule has 1 aliphatic rings. The van der Waals surface area contributed by atoms with E-state index in [1.165, 1.54) is 11.5 Å². The smallest absolute Gasteiger partial charge is 0.231 e. The molecule has 1 aromatic heterocycles. The summed E-state index contributed by atoms with van der Waals surface area (Å²) in [6.07, 6.45) is 2.02. The molecule has 5 heteroatoms. The van der Waals surface area contributed by atoms with Crippen LogP contribution in [0.1, 0.15) is 19.8 Å². The predicted octanol–water partition coefficient (Wildman–Crippen LogP) is 3.07. The van der Waals surface area contributed by atoms with Crippen LogP contribution in [-0.4, -0.2) is 23.9 Å². The van der Waals surface area contributed by atoms with Crippen LogP contribution in [0.15, 0.2) is 18.2 Å². The molecule has 0 unspecified atom stereocenters. The summed E-state index contributed by atoms with van der Waals surface area (Å²) in [7, 11) is 1.65. The Morgan fingerprint density at radius 3 is 2.95 bits per heavy atom. The van der Waals surface area contributed by atoms with Crippen LogP contribution in [0, 0.1) is 5.92 Å². The van der Waals surface area contributed by atoms with Crippen LogP contribution in [0.3, 0.4) is 0 Å². The van der Waals surface area contributed by atoms with Crippen molar-refractivity contribution < 1.29 is 9.53 Å². The van der Waals surface area contributed by atoms with E-state index in [0.717, 1.165) is 34.5 Å². The standard InChI is InChI=1S/C14H16N2O2S/c1-3-16(14(17)9-7-8-9)13-12-10(18-2)5-4-6-11(12)19-15-13/h4-6,9H,3,7-8H2,1-2H3. The second-order valence-corrected chi connectivity index (χ2v) is 5.50. The molecular formula is C14H16N2O2S. The average Bonchev–Trinajstić information content (AvgIpc) is 3.21. The molecule has 3 rings (SSSR count). The number of carbonyl (C=O) groups is 1. The Kier molecular flexibility index (Phi) is 3.14. The van der Waals surface area contributed by atoms with E-state index < -0.39 is 0 Å². The lowest BCUT2D eigenvalue weighted by molar-refractivity contribution is -0.119. The maximum atomic E-state index is 12.3. The van der Waals surface area contributed by atoms with E-state index in [1.54, 1.807) is 12.0 Å². The molecular weight excluding hydrogens is 260 g/mol. The van der Waals surface area contributed by atoms with E-state index in [0.29, 0.717) is 6.54 Å². The van der Waals surface area contributed by atoms with Gasteiger partial charge in [0, 0.05) is 12.5 Å². The quantitative estimate of drug-likeness (QED) is 0.862. The Morgan fingerprint density at radius 2 is 2.32 bits per heavy atom. The van der Waals surface area contributed by atoms with Crippen molar-refractivity contribution in [2.24, 2.45) is 5.92 Å². The van der Waals surface area contributed by atoms with Gasteiger partial charge in [-0.2, -0.15) is 4.37 Å². The maximum absolute atomic E-state index is 12.3. The van der Waals surface area contributed by atoms with E-state index >= 15 is 0 Å². The van der Waals surface area contributed by atoms with Gasteiger partial charge in [-0.05, 0) is 43.4 Å². The molecule has 0 bridgehead atoms. The van der Waals surface area contributed by atoms with Crippen LogP contribution < -0.4 is 9.64 Å². The highest BCUT2D eigenvalue weighted by atomic mass is 32.1. The summed E-state index contributed by atoms with van der Waals surface area (Å²) in [4.78, 5) is 14.1. The van der Waals surface area contributed by atoms with Gasteiger partial charge in [0.25, 0.3) is 0 Å². The molecule has 0 N–H and O–H groups in total. The normalized spacial score (nSPS) is 14.6. The molecule has 0 saturated heterocycles. The number of hydrogen-bond donors (Lipinski definition) is 0. The first-order valence-corrected chi connectivity index (χ1v) is 7.27. The zero-order chi connectivity index (χ0) is 13.4. The summed E-state index contributed by atoms with van der Waals surface area (Å²) >= 11 is 1.41. The van der Waals surface area contributed by atoms with Gasteiger partial charge in [0.05, 0.1) is 17.2 Å². The topological polar surface area (TPSA) is 42.4 Å². The van der Waals surface area contributed by atoms with Crippen molar-refractivity contribution in [2.75, 3.05) is 18.6 Å². The van der Waals surface area contributed by atoms with Gasteiger partial charge in [-0.1, -0.05) is 6.07 Å². The minimum atomic E-state index is 0.195. The second kappa shape index (κ2) is 4.81. The molecule has 0 radical (unpaired) electrons. The lowest BCUT2D eigenvalue weighted by Crippen LogP contribution is -2.32. The van der Waals surface area contributed by atoms with E-state index in [4.69, 9.17) is 4.74 Å². The van der Waals surface area contributed by atoms with Gasteiger partial charge < -0.3 is 4.74 Å². The van der Waals surface area contributed by atoms with Crippen LogP contribution in [0.4, 0.5) is 5.82 Å². The highest BCUT2D eigenvalue weighted by Crippen LogP contribution is 2.39.